The SMILES string of the molecule is Clc1ccc2[nH]c(C#Cc3ccccc3)cc2c1. The molecule has 0 amide bonds. The lowest BCUT2D eigenvalue weighted by molar-refractivity contribution is 1.42. The van der Waals surface area contributed by atoms with Crippen LogP contribution in [-0.2, 0) is 0 Å². The Morgan fingerprint density at radius 2 is 1.72 bits per heavy atom. The zero-order valence-corrected chi connectivity index (χ0v) is 10.3. The molecule has 18 heavy (non-hydrogen) atoms. The average molecular weight is 252 g/mol. The zero-order valence-electron chi connectivity index (χ0n) is 9.57. The highest BCUT2D eigenvalue weighted by Gasteiger charge is 1.98. The summed E-state index contributed by atoms with van der Waals surface area (Å²) in [7, 11) is 0. The quantitative estimate of drug-likeness (QED) is 0.576. The second kappa shape index (κ2) is 4.60. The van der Waals surface area contributed by atoms with Crippen LogP contribution in [0.1, 0.15) is 11.3 Å². The minimum Gasteiger partial charge on any atom is -0.348 e. The molecule has 0 fully saturated rings. The van der Waals surface area contributed by atoms with E-state index in [4.69, 9.17) is 11.6 Å². The number of rotatable bonds is 0. The summed E-state index contributed by atoms with van der Waals surface area (Å²) in [5.41, 5.74) is 2.96. The Morgan fingerprint density at radius 1 is 0.889 bits per heavy atom. The van der Waals surface area contributed by atoms with Gasteiger partial charge >= 0.3 is 0 Å². The Hall–Kier alpha value is -2.17. The van der Waals surface area contributed by atoms with Crippen LogP contribution in [0.25, 0.3) is 10.9 Å². The normalized spacial score (nSPS) is 10.1. The summed E-state index contributed by atoms with van der Waals surface area (Å²) in [5, 5.41) is 1.82. The molecule has 0 saturated carbocycles. The number of benzene rings is 2. The third-order valence-electron chi connectivity index (χ3n) is 2.70. The molecule has 3 rings (SSSR count). The predicted molar refractivity (Wildman–Crippen MR) is 75.7 cm³/mol. The van der Waals surface area contributed by atoms with E-state index in [-0.39, 0.29) is 0 Å². The topological polar surface area (TPSA) is 15.8 Å². The van der Waals surface area contributed by atoms with Crippen molar-refractivity contribution in [2.45, 2.75) is 0 Å². The van der Waals surface area contributed by atoms with Crippen LogP contribution < -0.4 is 0 Å². The molecule has 1 nitrogen and oxygen atoms in total. The van der Waals surface area contributed by atoms with Crippen molar-refractivity contribution in [2.24, 2.45) is 0 Å². The van der Waals surface area contributed by atoms with Gasteiger partial charge in [-0.05, 0) is 42.3 Å². The van der Waals surface area contributed by atoms with Crippen LogP contribution in [-0.4, -0.2) is 4.98 Å². The molecule has 0 unspecified atom stereocenters. The van der Waals surface area contributed by atoms with Gasteiger partial charge in [0.1, 0.15) is 0 Å². The van der Waals surface area contributed by atoms with Crippen molar-refractivity contribution < 1.29 is 0 Å². The first kappa shape index (κ1) is 11.0. The highest BCUT2D eigenvalue weighted by molar-refractivity contribution is 6.31. The lowest BCUT2D eigenvalue weighted by atomic mass is 10.2. The van der Waals surface area contributed by atoms with E-state index < -0.39 is 0 Å². The number of hydrogen-bond acceptors (Lipinski definition) is 0. The lowest BCUT2D eigenvalue weighted by Gasteiger charge is -1.88. The first-order valence-electron chi connectivity index (χ1n) is 5.67. The van der Waals surface area contributed by atoms with Crippen molar-refractivity contribution in [1.29, 1.82) is 0 Å². The summed E-state index contributed by atoms with van der Waals surface area (Å²) < 4.78 is 0. The van der Waals surface area contributed by atoms with Gasteiger partial charge in [-0.3, -0.25) is 0 Å². The molecule has 0 saturated heterocycles. The van der Waals surface area contributed by atoms with Crippen LogP contribution >= 0.6 is 11.6 Å². The van der Waals surface area contributed by atoms with Gasteiger partial charge in [0.05, 0.1) is 5.69 Å². The Balaban J connectivity index is 1.99. The van der Waals surface area contributed by atoms with Crippen molar-refractivity contribution in [3.05, 3.63) is 70.9 Å². The summed E-state index contributed by atoms with van der Waals surface area (Å²) in [4.78, 5) is 3.26. The third kappa shape index (κ3) is 2.25. The Labute approximate surface area is 110 Å². The number of hydrogen-bond donors (Lipinski definition) is 1. The summed E-state index contributed by atoms with van der Waals surface area (Å²) in [6, 6.07) is 17.7. The van der Waals surface area contributed by atoms with E-state index in [1.165, 1.54) is 0 Å². The molecule has 2 aromatic carbocycles. The van der Waals surface area contributed by atoms with E-state index in [9.17, 15) is 0 Å². The largest absolute Gasteiger partial charge is 0.348 e. The van der Waals surface area contributed by atoms with Crippen LogP contribution in [0, 0.1) is 11.8 Å². The molecular weight excluding hydrogens is 242 g/mol. The van der Waals surface area contributed by atoms with Crippen LogP contribution in [0.5, 0.6) is 0 Å². The highest BCUT2D eigenvalue weighted by Crippen LogP contribution is 2.19. The first-order chi connectivity index (χ1) is 8.81. The van der Waals surface area contributed by atoms with Gasteiger partial charge < -0.3 is 4.98 Å². The molecule has 1 N–H and O–H groups in total. The number of H-pyrrole nitrogens is 1. The maximum absolute atomic E-state index is 5.95. The van der Waals surface area contributed by atoms with Crippen LogP contribution in [0.4, 0.5) is 0 Å². The molecule has 0 bridgehead atoms. The van der Waals surface area contributed by atoms with E-state index in [1.54, 1.807) is 0 Å². The Morgan fingerprint density at radius 3 is 2.56 bits per heavy atom. The maximum atomic E-state index is 5.95. The number of halogens is 1. The van der Waals surface area contributed by atoms with Crippen LogP contribution in [0.15, 0.2) is 54.6 Å². The van der Waals surface area contributed by atoms with Crippen molar-refractivity contribution in [3.8, 4) is 11.8 Å². The number of nitrogens with one attached hydrogen (secondary N) is 1. The number of aromatic nitrogens is 1. The van der Waals surface area contributed by atoms with Gasteiger partial charge in [0.25, 0.3) is 0 Å². The molecule has 3 aromatic rings. The number of aromatic amines is 1. The van der Waals surface area contributed by atoms with E-state index in [1.807, 2.05) is 54.6 Å². The highest BCUT2D eigenvalue weighted by atomic mass is 35.5. The second-order valence-electron chi connectivity index (χ2n) is 4.03. The van der Waals surface area contributed by atoms with Crippen molar-refractivity contribution in [2.75, 3.05) is 0 Å². The van der Waals surface area contributed by atoms with Crippen LogP contribution in [0.2, 0.25) is 5.02 Å². The van der Waals surface area contributed by atoms with Gasteiger partial charge in [0, 0.05) is 21.5 Å². The number of fused-ring (bicyclic) bond motifs is 1. The molecule has 0 aliphatic carbocycles. The Bertz CT molecular complexity index is 745. The monoisotopic (exact) mass is 251 g/mol. The molecule has 0 spiro atoms. The average Bonchev–Trinajstić information content (AvgIpc) is 2.79. The molecular formula is C16H10ClN. The molecule has 0 aliphatic heterocycles. The molecule has 0 atom stereocenters. The van der Waals surface area contributed by atoms with Gasteiger partial charge in [-0.25, -0.2) is 0 Å². The van der Waals surface area contributed by atoms with Crippen molar-refractivity contribution >= 4 is 22.5 Å². The fraction of sp³-hybridized carbons (Fsp3) is 0. The second-order valence-corrected chi connectivity index (χ2v) is 4.47. The van der Waals surface area contributed by atoms with Gasteiger partial charge in [0.15, 0.2) is 0 Å². The van der Waals surface area contributed by atoms with Crippen LogP contribution in [0.3, 0.4) is 0 Å². The lowest BCUT2D eigenvalue weighted by Crippen LogP contribution is -1.74. The maximum Gasteiger partial charge on any atom is 0.0908 e. The molecule has 86 valence electrons. The first-order valence-corrected chi connectivity index (χ1v) is 6.04. The molecule has 2 heteroatoms. The third-order valence-corrected chi connectivity index (χ3v) is 2.93. The summed E-state index contributed by atoms with van der Waals surface area (Å²) in [6.45, 7) is 0. The summed E-state index contributed by atoms with van der Waals surface area (Å²) in [6.07, 6.45) is 0. The molecule has 0 radical (unpaired) electrons. The van der Waals surface area contributed by atoms with E-state index >= 15 is 0 Å². The van der Waals surface area contributed by atoms with E-state index in [2.05, 4.69) is 16.8 Å². The van der Waals surface area contributed by atoms with E-state index in [0.717, 1.165) is 27.2 Å². The fourth-order valence-corrected chi connectivity index (χ4v) is 2.01. The van der Waals surface area contributed by atoms with E-state index in [0.29, 0.717) is 0 Å². The predicted octanol–water partition coefficient (Wildman–Crippen LogP) is 4.22. The minimum absolute atomic E-state index is 0.740. The van der Waals surface area contributed by atoms with Crippen molar-refractivity contribution in [1.82, 2.24) is 4.98 Å². The molecule has 1 heterocycles. The van der Waals surface area contributed by atoms with Gasteiger partial charge in [-0.1, -0.05) is 35.7 Å². The zero-order chi connectivity index (χ0) is 12.4. The molecule has 0 aliphatic rings. The Kier molecular flexibility index (Phi) is 2.80. The smallest absolute Gasteiger partial charge is 0.0908 e. The van der Waals surface area contributed by atoms with Crippen molar-refractivity contribution in [3.63, 3.8) is 0 Å². The summed E-state index contributed by atoms with van der Waals surface area (Å²) >= 11 is 5.95. The van der Waals surface area contributed by atoms with Gasteiger partial charge in [-0.15, -0.1) is 0 Å². The standard InChI is InChI=1S/C16H10ClN/c17-14-7-9-16-13(10-14)11-15(18-16)8-6-12-4-2-1-3-5-12/h1-5,7,9-11,18H. The summed E-state index contributed by atoms with van der Waals surface area (Å²) in [5.74, 6) is 6.24. The van der Waals surface area contributed by atoms with Gasteiger partial charge in [-0.2, -0.15) is 0 Å². The molecule has 1 aromatic heterocycles. The minimum atomic E-state index is 0.740. The fourth-order valence-electron chi connectivity index (χ4n) is 1.83. The van der Waals surface area contributed by atoms with Gasteiger partial charge in [0.2, 0.25) is 0 Å².